The maximum Gasteiger partial charge on any atom is 0.226 e. The number of nitrogens with zero attached hydrogens (tertiary/aromatic N) is 5. The third kappa shape index (κ3) is 2.44. The number of halogens is 1. The molecule has 2 fully saturated rings. The fraction of sp³-hybridized carbons (Fsp3) is 0.588. The van der Waals surface area contributed by atoms with Gasteiger partial charge in [-0.05, 0) is 37.7 Å². The lowest BCUT2D eigenvalue weighted by atomic mass is 10.1. The molecule has 0 radical (unpaired) electrons. The molecule has 1 saturated heterocycles. The number of aromatic nitrogens is 4. The van der Waals surface area contributed by atoms with E-state index in [0.29, 0.717) is 11.1 Å². The van der Waals surface area contributed by atoms with Crippen molar-refractivity contribution in [2.75, 3.05) is 6.54 Å². The molecular weight excluding hydrogens is 326 g/mol. The second-order valence-corrected chi connectivity index (χ2v) is 7.36. The number of carbonyl (C=O) groups is 1. The smallest absolute Gasteiger partial charge is 0.226 e. The van der Waals surface area contributed by atoms with Crippen LogP contribution in [0.1, 0.15) is 48.0 Å². The standard InChI is InChI=1S/C17H22ClN5O/c1-10-15(16(18)22(3)20-10)14-5-4-6-23(14)17(24)13-7-12(13)11-8-19-21(2)9-11/h8-9,12-14H,4-7H2,1-3H3/t12-,13-,14+/m1/s1. The quantitative estimate of drug-likeness (QED) is 0.857. The molecule has 4 rings (SSSR count). The van der Waals surface area contributed by atoms with E-state index < -0.39 is 0 Å². The molecule has 1 amide bonds. The predicted octanol–water partition coefficient (Wildman–Crippen LogP) is 2.58. The van der Waals surface area contributed by atoms with Gasteiger partial charge in [-0.25, -0.2) is 0 Å². The molecule has 0 aromatic carbocycles. The highest BCUT2D eigenvalue weighted by Gasteiger charge is 2.48. The van der Waals surface area contributed by atoms with Crippen molar-refractivity contribution >= 4 is 17.5 Å². The lowest BCUT2D eigenvalue weighted by molar-refractivity contribution is -0.133. The van der Waals surface area contributed by atoms with Crippen LogP contribution in [0.25, 0.3) is 0 Å². The predicted molar refractivity (Wildman–Crippen MR) is 90.7 cm³/mol. The Balaban J connectivity index is 1.54. The van der Waals surface area contributed by atoms with E-state index in [0.717, 1.165) is 37.1 Å². The van der Waals surface area contributed by atoms with Crippen LogP contribution in [0.3, 0.4) is 0 Å². The molecule has 1 aliphatic carbocycles. The first kappa shape index (κ1) is 15.7. The van der Waals surface area contributed by atoms with E-state index in [1.165, 1.54) is 5.56 Å². The molecule has 3 atom stereocenters. The molecule has 128 valence electrons. The largest absolute Gasteiger partial charge is 0.335 e. The number of amides is 1. The first-order valence-corrected chi connectivity index (χ1v) is 8.83. The third-order valence-electron chi connectivity index (χ3n) is 5.33. The van der Waals surface area contributed by atoms with E-state index in [1.807, 2.05) is 38.3 Å². The van der Waals surface area contributed by atoms with Gasteiger partial charge in [-0.2, -0.15) is 10.2 Å². The lowest BCUT2D eigenvalue weighted by Gasteiger charge is -2.25. The first-order chi connectivity index (χ1) is 11.5. The van der Waals surface area contributed by atoms with E-state index in [4.69, 9.17) is 11.6 Å². The third-order valence-corrected chi connectivity index (χ3v) is 5.77. The summed E-state index contributed by atoms with van der Waals surface area (Å²) in [7, 11) is 3.76. The average Bonchev–Trinajstić information content (AvgIpc) is 2.84. The summed E-state index contributed by atoms with van der Waals surface area (Å²) in [5.41, 5.74) is 3.11. The van der Waals surface area contributed by atoms with Gasteiger partial charge in [-0.3, -0.25) is 14.2 Å². The summed E-state index contributed by atoms with van der Waals surface area (Å²) >= 11 is 6.44. The topological polar surface area (TPSA) is 56.0 Å². The van der Waals surface area contributed by atoms with Crippen molar-refractivity contribution < 1.29 is 4.79 Å². The molecule has 2 aromatic heterocycles. The highest BCUT2D eigenvalue weighted by Crippen LogP contribution is 2.50. The Hall–Kier alpha value is -1.82. The lowest BCUT2D eigenvalue weighted by Crippen LogP contribution is -2.32. The summed E-state index contributed by atoms with van der Waals surface area (Å²) in [6.07, 6.45) is 6.80. The Morgan fingerprint density at radius 2 is 2.17 bits per heavy atom. The van der Waals surface area contributed by atoms with Gasteiger partial charge >= 0.3 is 0 Å². The Morgan fingerprint density at radius 1 is 1.38 bits per heavy atom. The van der Waals surface area contributed by atoms with Crippen LogP contribution in [-0.4, -0.2) is 36.9 Å². The summed E-state index contributed by atoms with van der Waals surface area (Å²) in [5, 5.41) is 9.28. The molecule has 2 aliphatic rings. The zero-order valence-electron chi connectivity index (χ0n) is 14.2. The minimum atomic E-state index is 0.0637. The Bertz CT molecular complexity index is 795. The molecule has 2 aromatic rings. The monoisotopic (exact) mass is 347 g/mol. The number of aryl methyl sites for hydroxylation is 3. The fourth-order valence-corrected chi connectivity index (χ4v) is 4.34. The normalized spacial score (nSPS) is 26.2. The van der Waals surface area contributed by atoms with Crippen molar-refractivity contribution in [3.8, 4) is 0 Å². The highest BCUT2D eigenvalue weighted by molar-refractivity contribution is 6.30. The molecule has 7 heteroatoms. The highest BCUT2D eigenvalue weighted by atomic mass is 35.5. The minimum Gasteiger partial charge on any atom is -0.335 e. The minimum absolute atomic E-state index is 0.0637. The van der Waals surface area contributed by atoms with Crippen molar-refractivity contribution in [3.63, 3.8) is 0 Å². The number of likely N-dealkylation sites (tertiary alicyclic amines) is 1. The van der Waals surface area contributed by atoms with Gasteiger partial charge in [0, 0.05) is 38.3 Å². The molecule has 0 spiro atoms. The molecule has 6 nitrogen and oxygen atoms in total. The van der Waals surface area contributed by atoms with Crippen LogP contribution in [0, 0.1) is 12.8 Å². The summed E-state index contributed by atoms with van der Waals surface area (Å²) in [5.74, 6) is 0.661. The van der Waals surface area contributed by atoms with E-state index in [9.17, 15) is 4.79 Å². The second-order valence-electron chi connectivity index (χ2n) is 7.00. The van der Waals surface area contributed by atoms with Gasteiger partial charge in [0.1, 0.15) is 5.15 Å². The van der Waals surface area contributed by atoms with Gasteiger partial charge in [-0.15, -0.1) is 0 Å². The van der Waals surface area contributed by atoms with Crippen molar-refractivity contribution in [1.29, 1.82) is 0 Å². The molecule has 1 aliphatic heterocycles. The van der Waals surface area contributed by atoms with E-state index in [2.05, 4.69) is 10.2 Å². The van der Waals surface area contributed by atoms with Gasteiger partial charge in [0.2, 0.25) is 5.91 Å². The van der Waals surface area contributed by atoms with Crippen LogP contribution in [0.2, 0.25) is 5.15 Å². The van der Waals surface area contributed by atoms with Gasteiger partial charge in [-0.1, -0.05) is 11.6 Å². The van der Waals surface area contributed by atoms with Crippen molar-refractivity contribution in [2.24, 2.45) is 20.0 Å². The molecular formula is C17H22ClN5O. The van der Waals surface area contributed by atoms with E-state index in [1.54, 1.807) is 9.36 Å². The molecule has 0 N–H and O–H groups in total. The zero-order chi connectivity index (χ0) is 17.0. The summed E-state index contributed by atoms with van der Waals surface area (Å²) in [4.78, 5) is 15.1. The van der Waals surface area contributed by atoms with Crippen LogP contribution in [0.15, 0.2) is 12.4 Å². The Kier molecular flexibility index (Phi) is 3.67. The van der Waals surface area contributed by atoms with Crippen molar-refractivity contribution in [1.82, 2.24) is 24.5 Å². The van der Waals surface area contributed by atoms with Gasteiger partial charge < -0.3 is 4.90 Å². The van der Waals surface area contributed by atoms with Crippen LogP contribution >= 0.6 is 11.6 Å². The zero-order valence-corrected chi connectivity index (χ0v) is 15.0. The maximum absolute atomic E-state index is 13.0. The van der Waals surface area contributed by atoms with E-state index in [-0.39, 0.29) is 17.9 Å². The van der Waals surface area contributed by atoms with Crippen molar-refractivity contribution in [2.45, 2.75) is 38.1 Å². The number of hydrogen-bond donors (Lipinski definition) is 0. The molecule has 0 unspecified atom stereocenters. The maximum atomic E-state index is 13.0. The Labute approximate surface area is 146 Å². The molecule has 1 saturated carbocycles. The molecule has 3 heterocycles. The van der Waals surface area contributed by atoms with Crippen LogP contribution in [0.5, 0.6) is 0 Å². The van der Waals surface area contributed by atoms with Gasteiger partial charge in [0.05, 0.1) is 17.9 Å². The van der Waals surface area contributed by atoms with Crippen LogP contribution < -0.4 is 0 Å². The SMILES string of the molecule is Cc1nn(C)c(Cl)c1[C@@H]1CCCN1C(=O)[C@@H]1C[C@@H]1c1cnn(C)c1. The van der Waals surface area contributed by atoms with Gasteiger partial charge in [0.15, 0.2) is 0 Å². The number of carbonyl (C=O) groups excluding carboxylic acids is 1. The number of hydrogen-bond acceptors (Lipinski definition) is 3. The summed E-state index contributed by atoms with van der Waals surface area (Å²) < 4.78 is 3.50. The van der Waals surface area contributed by atoms with Gasteiger partial charge in [0.25, 0.3) is 0 Å². The van der Waals surface area contributed by atoms with E-state index >= 15 is 0 Å². The fourth-order valence-electron chi connectivity index (χ4n) is 4.04. The van der Waals surface area contributed by atoms with Crippen LogP contribution in [-0.2, 0) is 18.9 Å². The second kappa shape index (κ2) is 5.62. The molecule has 0 bridgehead atoms. The number of rotatable bonds is 3. The van der Waals surface area contributed by atoms with Crippen LogP contribution in [0.4, 0.5) is 0 Å². The Morgan fingerprint density at radius 3 is 2.79 bits per heavy atom. The summed E-state index contributed by atoms with van der Waals surface area (Å²) in [6, 6.07) is 0.0637. The molecule has 24 heavy (non-hydrogen) atoms. The first-order valence-electron chi connectivity index (χ1n) is 8.45. The summed E-state index contributed by atoms with van der Waals surface area (Å²) in [6.45, 7) is 2.78. The van der Waals surface area contributed by atoms with Crippen molar-refractivity contribution in [3.05, 3.63) is 34.4 Å². The average molecular weight is 348 g/mol.